The van der Waals surface area contributed by atoms with Crippen molar-refractivity contribution in [2.45, 2.75) is 45.1 Å². The molecule has 2 atom stereocenters. The molecule has 2 aliphatic rings. The highest BCUT2D eigenvalue weighted by molar-refractivity contribution is 5.49. The fourth-order valence-corrected chi connectivity index (χ4v) is 3.18. The maximum Gasteiger partial charge on any atom is 0.128 e. The van der Waals surface area contributed by atoms with Crippen LogP contribution in [-0.4, -0.2) is 24.1 Å². The third kappa shape index (κ3) is 2.45. The highest BCUT2D eigenvalue weighted by atomic mass is 15.2. The van der Waals surface area contributed by atoms with Crippen LogP contribution in [0.25, 0.3) is 0 Å². The molecule has 3 nitrogen and oxygen atoms in total. The molecule has 1 aliphatic heterocycles. The number of aromatic nitrogens is 1. The van der Waals surface area contributed by atoms with E-state index in [0.717, 1.165) is 11.7 Å². The van der Waals surface area contributed by atoms with Gasteiger partial charge in [0, 0.05) is 19.1 Å². The standard InChI is InChI=1S/C15H23N3/c1-12-5-4-6-14(12)17-13-7-8-15(16-11-13)18-9-2-3-10-18/h7-8,11-12,14,17H,2-6,9-10H2,1H3. The van der Waals surface area contributed by atoms with Crippen molar-refractivity contribution in [3.63, 3.8) is 0 Å². The summed E-state index contributed by atoms with van der Waals surface area (Å²) in [5.74, 6) is 1.93. The molecule has 0 spiro atoms. The average Bonchev–Trinajstić information content (AvgIpc) is 3.03. The van der Waals surface area contributed by atoms with E-state index in [9.17, 15) is 0 Å². The number of nitrogens with zero attached hydrogens (tertiary/aromatic N) is 2. The van der Waals surface area contributed by atoms with Gasteiger partial charge in [-0.15, -0.1) is 0 Å². The minimum atomic E-state index is 0.643. The van der Waals surface area contributed by atoms with E-state index in [0.29, 0.717) is 6.04 Å². The van der Waals surface area contributed by atoms with E-state index in [-0.39, 0.29) is 0 Å². The quantitative estimate of drug-likeness (QED) is 0.885. The van der Waals surface area contributed by atoms with Crippen LogP contribution in [0.1, 0.15) is 39.0 Å². The monoisotopic (exact) mass is 245 g/mol. The molecule has 1 aliphatic carbocycles. The second-order valence-electron chi connectivity index (χ2n) is 5.76. The molecule has 0 radical (unpaired) electrons. The SMILES string of the molecule is CC1CCCC1Nc1ccc(N2CCCC2)nc1. The van der Waals surface area contributed by atoms with Crippen molar-refractivity contribution >= 4 is 11.5 Å². The van der Waals surface area contributed by atoms with Crippen molar-refractivity contribution in [2.24, 2.45) is 5.92 Å². The van der Waals surface area contributed by atoms with Crippen LogP contribution >= 0.6 is 0 Å². The van der Waals surface area contributed by atoms with E-state index in [1.54, 1.807) is 0 Å². The number of hydrogen-bond donors (Lipinski definition) is 1. The summed E-state index contributed by atoms with van der Waals surface area (Å²) in [7, 11) is 0. The van der Waals surface area contributed by atoms with Gasteiger partial charge in [-0.2, -0.15) is 0 Å². The fourth-order valence-electron chi connectivity index (χ4n) is 3.18. The fraction of sp³-hybridized carbons (Fsp3) is 0.667. The highest BCUT2D eigenvalue weighted by Gasteiger charge is 2.23. The van der Waals surface area contributed by atoms with Crippen molar-refractivity contribution in [3.8, 4) is 0 Å². The largest absolute Gasteiger partial charge is 0.381 e. The number of anilines is 2. The van der Waals surface area contributed by atoms with Crippen molar-refractivity contribution in [1.29, 1.82) is 0 Å². The minimum Gasteiger partial charge on any atom is -0.381 e. The van der Waals surface area contributed by atoms with Gasteiger partial charge in [-0.3, -0.25) is 0 Å². The van der Waals surface area contributed by atoms with Gasteiger partial charge < -0.3 is 10.2 Å². The Morgan fingerprint density at radius 2 is 2.00 bits per heavy atom. The van der Waals surface area contributed by atoms with Gasteiger partial charge in [-0.05, 0) is 43.7 Å². The van der Waals surface area contributed by atoms with Crippen LogP contribution in [0, 0.1) is 5.92 Å². The second kappa shape index (κ2) is 5.17. The lowest BCUT2D eigenvalue weighted by molar-refractivity contribution is 0.556. The first kappa shape index (κ1) is 11.8. The Morgan fingerprint density at radius 1 is 1.17 bits per heavy atom. The van der Waals surface area contributed by atoms with Gasteiger partial charge in [0.25, 0.3) is 0 Å². The summed E-state index contributed by atoms with van der Waals surface area (Å²) in [6, 6.07) is 4.99. The topological polar surface area (TPSA) is 28.2 Å². The first-order valence-electron chi connectivity index (χ1n) is 7.30. The zero-order valence-electron chi connectivity index (χ0n) is 11.2. The van der Waals surface area contributed by atoms with Crippen LogP contribution in [0.15, 0.2) is 18.3 Å². The summed E-state index contributed by atoms with van der Waals surface area (Å²) < 4.78 is 0. The Morgan fingerprint density at radius 3 is 2.61 bits per heavy atom. The first-order valence-corrected chi connectivity index (χ1v) is 7.30. The maximum absolute atomic E-state index is 4.59. The molecule has 18 heavy (non-hydrogen) atoms. The first-order chi connectivity index (χ1) is 8.83. The Kier molecular flexibility index (Phi) is 3.39. The molecule has 1 N–H and O–H groups in total. The predicted octanol–water partition coefficient (Wildman–Crippen LogP) is 3.28. The van der Waals surface area contributed by atoms with Gasteiger partial charge >= 0.3 is 0 Å². The zero-order chi connectivity index (χ0) is 12.4. The summed E-state index contributed by atoms with van der Waals surface area (Å²) in [6.45, 7) is 4.68. The van der Waals surface area contributed by atoms with Crippen LogP contribution in [0.5, 0.6) is 0 Å². The van der Waals surface area contributed by atoms with Crippen molar-refractivity contribution in [2.75, 3.05) is 23.3 Å². The molecule has 0 amide bonds. The summed E-state index contributed by atoms with van der Waals surface area (Å²) in [4.78, 5) is 6.97. The third-order valence-corrected chi connectivity index (χ3v) is 4.39. The Bertz CT molecular complexity index is 381. The van der Waals surface area contributed by atoms with Gasteiger partial charge in [-0.25, -0.2) is 4.98 Å². The van der Waals surface area contributed by atoms with Crippen LogP contribution in [-0.2, 0) is 0 Å². The second-order valence-corrected chi connectivity index (χ2v) is 5.76. The van der Waals surface area contributed by atoms with Crippen molar-refractivity contribution in [1.82, 2.24) is 4.98 Å². The van der Waals surface area contributed by atoms with Crippen LogP contribution in [0.2, 0.25) is 0 Å². The van der Waals surface area contributed by atoms with Gasteiger partial charge in [-0.1, -0.05) is 13.3 Å². The molecule has 1 saturated carbocycles. The molecule has 3 rings (SSSR count). The normalized spacial score (nSPS) is 27.7. The number of nitrogens with one attached hydrogen (secondary N) is 1. The average molecular weight is 245 g/mol. The molecular weight excluding hydrogens is 222 g/mol. The summed E-state index contributed by atoms with van der Waals surface area (Å²) in [5.41, 5.74) is 1.18. The van der Waals surface area contributed by atoms with Crippen molar-refractivity contribution < 1.29 is 0 Å². The maximum atomic E-state index is 4.59. The van der Waals surface area contributed by atoms with Crippen LogP contribution < -0.4 is 10.2 Å². The van der Waals surface area contributed by atoms with E-state index in [4.69, 9.17) is 0 Å². The Labute approximate surface area is 110 Å². The molecular formula is C15H23N3. The lowest BCUT2D eigenvalue weighted by Gasteiger charge is -2.20. The Balaban J connectivity index is 1.63. The number of pyridine rings is 1. The van der Waals surface area contributed by atoms with Crippen LogP contribution in [0.4, 0.5) is 11.5 Å². The number of rotatable bonds is 3. The zero-order valence-corrected chi connectivity index (χ0v) is 11.2. The van der Waals surface area contributed by atoms with E-state index >= 15 is 0 Å². The van der Waals surface area contributed by atoms with E-state index in [1.165, 1.54) is 50.9 Å². The van der Waals surface area contributed by atoms with E-state index in [2.05, 4.69) is 34.3 Å². The molecule has 1 aromatic rings. The lowest BCUT2D eigenvalue weighted by Crippen LogP contribution is -2.22. The summed E-state index contributed by atoms with van der Waals surface area (Å²) in [6.07, 6.45) is 8.63. The molecule has 98 valence electrons. The third-order valence-electron chi connectivity index (χ3n) is 4.39. The lowest BCUT2D eigenvalue weighted by atomic mass is 10.1. The molecule has 2 unspecified atom stereocenters. The molecule has 2 fully saturated rings. The van der Waals surface area contributed by atoms with E-state index < -0.39 is 0 Å². The van der Waals surface area contributed by atoms with Gasteiger partial charge in [0.2, 0.25) is 0 Å². The minimum absolute atomic E-state index is 0.643. The van der Waals surface area contributed by atoms with Gasteiger partial charge in [0.05, 0.1) is 11.9 Å². The summed E-state index contributed by atoms with van der Waals surface area (Å²) in [5, 5.41) is 3.63. The van der Waals surface area contributed by atoms with Crippen LogP contribution in [0.3, 0.4) is 0 Å². The number of hydrogen-bond acceptors (Lipinski definition) is 3. The highest BCUT2D eigenvalue weighted by Crippen LogP contribution is 2.28. The molecule has 0 bridgehead atoms. The summed E-state index contributed by atoms with van der Waals surface area (Å²) >= 11 is 0. The smallest absolute Gasteiger partial charge is 0.128 e. The molecule has 1 saturated heterocycles. The van der Waals surface area contributed by atoms with Gasteiger partial charge in [0.1, 0.15) is 5.82 Å². The molecule has 2 heterocycles. The predicted molar refractivity (Wildman–Crippen MR) is 76.1 cm³/mol. The molecule has 1 aromatic heterocycles. The van der Waals surface area contributed by atoms with Gasteiger partial charge in [0.15, 0.2) is 0 Å². The van der Waals surface area contributed by atoms with E-state index in [1.807, 2.05) is 6.20 Å². The molecule has 0 aromatic carbocycles. The Hall–Kier alpha value is -1.25. The molecule has 3 heteroatoms. The van der Waals surface area contributed by atoms with Crippen molar-refractivity contribution in [3.05, 3.63) is 18.3 Å².